The van der Waals surface area contributed by atoms with Gasteiger partial charge in [0.1, 0.15) is 0 Å². The first-order valence-electron chi connectivity index (χ1n) is 5.88. The molecule has 1 aromatic rings. The molecule has 0 radical (unpaired) electrons. The van der Waals surface area contributed by atoms with Gasteiger partial charge in [-0.2, -0.15) is 0 Å². The van der Waals surface area contributed by atoms with Crippen LogP contribution in [-0.4, -0.2) is 41.5 Å². The van der Waals surface area contributed by atoms with Gasteiger partial charge in [-0.15, -0.1) is 12.4 Å². The van der Waals surface area contributed by atoms with Crippen molar-refractivity contribution >= 4 is 45.9 Å². The molecule has 1 unspecified atom stereocenters. The summed E-state index contributed by atoms with van der Waals surface area (Å²) in [6, 6.07) is 6.92. The number of halogens is 2. The van der Waals surface area contributed by atoms with Crippen molar-refractivity contribution in [1.29, 1.82) is 0 Å². The maximum Gasteiger partial charge on any atom is 0.304 e. The van der Waals surface area contributed by atoms with Gasteiger partial charge in [0.25, 0.3) is 0 Å². The molecule has 0 heterocycles. The number of amides is 1. The second-order valence-corrected chi connectivity index (χ2v) is 5.22. The SMILES string of the molecule is CC(C(=O)Nc1cccc(Br)c1)N(C)CCC(=O)O.Cl. The highest BCUT2D eigenvalue weighted by Gasteiger charge is 2.18. The summed E-state index contributed by atoms with van der Waals surface area (Å²) in [5.41, 5.74) is 0.706. The van der Waals surface area contributed by atoms with Crippen molar-refractivity contribution in [1.82, 2.24) is 4.90 Å². The third-order valence-corrected chi connectivity index (χ3v) is 3.30. The number of carboxylic acids is 1. The molecular weight excluding hydrogens is 348 g/mol. The van der Waals surface area contributed by atoms with Crippen LogP contribution in [0.5, 0.6) is 0 Å². The number of nitrogens with zero attached hydrogens (tertiary/aromatic N) is 1. The third kappa shape index (κ3) is 6.36. The fourth-order valence-corrected chi connectivity index (χ4v) is 1.88. The summed E-state index contributed by atoms with van der Waals surface area (Å²) >= 11 is 3.33. The first-order chi connectivity index (χ1) is 8.90. The van der Waals surface area contributed by atoms with Crippen molar-refractivity contribution in [3.63, 3.8) is 0 Å². The van der Waals surface area contributed by atoms with Crippen LogP contribution in [-0.2, 0) is 9.59 Å². The number of likely N-dealkylation sites (N-methyl/N-ethyl adjacent to an activating group) is 1. The minimum atomic E-state index is -0.869. The van der Waals surface area contributed by atoms with Gasteiger partial charge in [-0.05, 0) is 32.2 Å². The third-order valence-electron chi connectivity index (χ3n) is 2.81. The zero-order valence-corrected chi connectivity index (χ0v) is 13.7. The van der Waals surface area contributed by atoms with E-state index in [9.17, 15) is 9.59 Å². The molecule has 1 rings (SSSR count). The topological polar surface area (TPSA) is 69.6 Å². The van der Waals surface area contributed by atoms with E-state index in [0.717, 1.165) is 4.47 Å². The molecule has 5 nitrogen and oxygen atoms in total. The summed E-state index contributed by atoms with van der Waals surface area (Å²) in [4.78, 5) is 24.2. The number of rotatable bonds is 6. The van der Waals surface area contributed by atoms with Crippen molar-refractivity contribution in [2.75, 3.05) is 18.9 Å². The van der Waals surface area contributed by atoms with Crippen LogP contribution >= 0.6 is 28.3 Å². The molecule has 1 aromatic carbocycles. The van der Waals surface area contributed by atoms with Crippen LogP contribution in [0.3, 0.4) is 0 Å². The minimum absolute atomic E-state index is 0. The summed E-state index contributed by atoms with van der Waals surface area (Å²) < 4.78 is 0.886. The lowest BCUT2D eigenvalue weighted by atomic mass is 10.2. The number of hydrogen-bond acceptors (Lipinski definition) is 3. The predicted molar refractivity (Wildman–Crippen MR) is 84.4 cm³/mol. The van der Waals surface area contributed by atoms with E-state index in [4.69, 9.17) is 5.11 Å². The lowest BCUT2D eigenvalue weighted by Gasteiger charge is -2.23. The Morgan fingerprint density at radius 1 is 1.45 bits per heavy atom. The van der Waals surface area contributed by atoms with E-state index < -0.39 is 12.0 Å². The zero-order chi connectivity index (χ0) is 14.4. The lowest BCUT2D eigenvalue weighted by molar-refractivity contribution is -0.137. The summed E-state index contributed by atoms with van der Waals surface area (Å²) in [6.45, 7) is 2.08. The van der Waals surface area contributed by atoms with Crippen molar-refractivity contribution in [2.45, 2.75) is 19.4 Å². The Morgan fingerprint density at radius 2 is 2.10 bits per heavy atom. The van der Waals surface area contributed by atoms with Crippen LogP contribution in [0.15, 0.2) is 28.7 Å². The smallest absolute Gasteiger partial charge is 0.304 e. The Hall–Kier alpha value is -1.11. The minimum Gasteiger partial charge on any atom is -0.481 e. The largest absolute Gasteiger partial charge is 0.481 e. The molecule has 0 aromatic heterocycles. The maximum absolute atomic E-state index is 12.0. The molecule has 0 saturated heterocycles. The van der Waals surface area contributed by atoms with E-state index >= 15 is 0 Å². The number of anilines is 1. The second kappa shape index (κ2) is 8.94. The van der Waals surface area contributed by atoms with Gasteiger partial charge in [-0.1, -0.05) is 22.0 Å². The molecule has 0 aliphatic carbocycles. The standard InChI is InChI=1S/C13H17BrN2O3.ClH/c1-9(16(2)7-6-12(17)18)13(19)15-11-5-3-4-10(14)8-11;/h3-5,8-9H,6-7H2,1-2H3,(H,15,19)(H,17,18);1H. The van der Waals surface area contributed by atoms with E-state index in [1.807, 2.05) is 18.2 Å². The van der Waals surface area contributed by atoms with Gasteiger partial charge >= 0.3 is 5.97 Å². The van der Waals surface area contributed by atoms with Crippen LogP contribution in [0.25, 0.3) is 0 Å². The van der Waals surface area contributed by atoms with Crippen LogP contribution in [0.1, 0.15) is 13.3 Å². The zero-order valence-electron chi connectivity index (χ0n) is 11.3. The number of carbonyl (C=O) groups excluding carboxylic acids is 1. The molecular formula is C13H18BrClN2O3. The van der Waals surface area contributed by atoms with E-state index in [2.05, 4.69) is 21.2 Å². The highest BCUT2D eigenvalue weighted by Crippen LogP contribution is 2.16. The molecule has 0 aliphatic heterocycles. The predicted octanol–water partition coefficient (Wildman–Crippen LogP) is 2.60. The van der Waals surface area contributed by atoms with Gasteiger partial charge in [0.05, 0.1) is 12.5 Å². The van der Waals surface area contributed by atoms with E-state index in [1.165, 1.54) is 0 Å². The molecule has 2 N–H and O–H groups in total. The van der Waals surface area contributed by atoms with Crippen LogP contribution in [0, 0.1) is 0 Å². The average Bonchev–Trinajstić information content (AvgIpc) is 2.34. The fourth-order valence-electron chi connectivity index (χ4n) is 1.48. The summed E-state index contributed by atoms with van der Waals surface area (Å²) in [5, 5.41) is 11.4. The highest BCUT2D eigenvalue weighted by molar-refractivity contribution is 9.10. The Balaban J connectivity index is 0.00000361. The molecule has 0 bridgehead atoms. The molecule has 0 aliphatic rings. The van der Waals surface area contributed by atoms with Crippen molar-refractivity contribution < 1.29 is 14.7 Å². The fraction of sp³-hybridized carbons (Fsp3) is 0.385. The molecule has 0 spiro atoms. The quantitative estimate of drug-likeness (QED) is 0.813. The molecule has 0 saturated carbocycles. The van der Waals surface area contributed by atoms with Crippen LogP contribution in [0.2, 0.25) is 0 Å². The van der Waals surface area contributed by atoms with Crippen molar-refractivity contribution in [3.8, 4) is 0 Å². The van der Waals surface area contributed by atoms with Crippen LogP contribution in [0.4, 0.5) is 5.69 Å². The Bertz CT molecular complexity index is 471. The van der Waals surface area contributed by atoms with E-state index in [-0.39, 0.29) is 24.7 Å². The Labute approximate surface area is 132 Å². The first kappa shape index (κ1) is 18.9. The first-order valence-corrected chi connectivity index (χ1v) is 6.68. The van der Waals surface area contributed by atoms with Crippen LogP contribution < -0.4 is 5.32 Å². The number of hydrogen-bond donors (Lipinski definition) is 2. The van der Waals surface area contributed by atoms with Gasteiger partial charge in [0, 0.05) is 16.7 Å². The second-order valence-electron chi connectivity index (χ2n) is 4.30. The summed E-state index contributed by atoms with van der Waals surface area (Å²) in [7, 11) is 1.73. The monoisotopic (exact) mass is 364 g/mol. The normalized spacial score (nSPS) is 11.6. The number of benzene rings is 1. The van der Waals surface area contributed by atoms with E-state index in [0.29, 0.717) is 12.2 Å². The molecule has 1 amide bonds. The van der Waals surface area contributed by atoms with E-state index in [1.54, 1.807) is 24.9 Å². The van der Waals surface area contributed by atoms with Gasteiger partial charge in [0.2, 0.25) is 5.91 Å². The molecule has 20 heavy (non-hydrogen) atoms. The lowest BCUT2D eigenvalue weighted by Crippen LogP contribution is -2.40. The summed E-state index contributed by atoms with van der Waals surface area (Å²) in [5.74, 6) is -1.03. The summed E-state index contributed by atoms with van der Waals surface area (Å²) in [6.07, 6.45) is 0.0189. The van der Waals surface area contributed by atoms with Gasteiger partial charge in [0.15, 0.2) is 0 Å². The average molecular weight is 366 g/mol. The molecule has 0 fully saturated rings. The van der Waals surface area contributed by atoms with Gasteiger partial charge in [-0.3, -0.25) is 14.5 Å². The van der Waals surface area contributed by atoms with Crippen molar-refractivity contribution in [2.24, 2.45) is 0 Å². The van der Waals surface area contributed by atoms with Gasteiger partial charge in [-0.25, -0.2) is 0 Å². The molecule has 112 valence electrons. The number of aliphatic carboxylic acids is 1. The molecule has 7 heteroatoms. The van der Waals surface area contributed by atoms with Gasteiger partial charge < -0.3 is 10.4 Å². The number of carbonyl (C=O) groups is 2. The number of nitrogens with one attached hydrogen (secondary N) is 1. The Morgan fingerprint density at radius 3 is 2.65 bits per heavy atom. The number of carboxylic acid groups (broad SMARTS) is 1. The Kier molecular flexibility index (Phi) is 8.45. The molecule has 1 atom stereocenters. The highest BCUT2D eigenvalue weighted by atomic mass is 79.9. The van der Waals surface area contributed by atoms with Crippen molar-refractivity contribution in [3.05, 3.63) is 28.7 Å². The maximum atomic E-state index is 12.0.